The molecule has 1 fully saturated rings. The Kier molecular flexibility index (Phi) is 8.86. The zero-order valence-corrected chi connectivity index (χ0v) is 21.2. The fraction of sp³-hybridized carbons (Fsp3) is 0.286. The lowest BCUT2D eigenvalue weighted by atomic mass is 10.2. The zero-order chi connectivity index (χ0) is 26.9. The normalized spacial score (nSPS) is 12.8. The van der Waals surface area contributed by atoms with Crippen LogP contribution >= 0.6 is 0 Å². The number of likely N-dealkylation sites (N-methyl/N-ethyl adjacent to an activating group) is 1. The summed E-state index contributed by atoms with van der Waals surface area (Å²) in [7, 11) is 1.68. The van der Waals surface area contributed by atoms with Crippen molar-refractivity contribution in [1.82, 2.24) is 19.8 Å². The summed E-state index contributed by atoms with van der Waals surface area (Å²) in [5, 5.41) is 3.04. The molecular formula is C28H30FN5O4. The van der Waals surface area contributed by atoms with E-state index in [9.17, 15) is 14.0 Å². The van der Waals surface area contributed by atoms with Gasteiger partial charge in [0.1, 0.15) is 11.5 Å². The standard InChI is InChI=1S/C28H30FN5O4/c1-3-25(35)33(2)19-20-10-12-22(13-11-20)38-27-24(29)18-30-28(32-27)31-21-7-4-8-23(17-21)37-16-6-15-34-14-5-9-26(34)36/h3-4,7-8,10-13,17-18H,1,5-6,9,14-16,19H2,2H3,(H,30,31,32). The quantitative estimate of drug-likeness (QED) is 0.274. The zero-order valence-electron chi connectivity index (χ0n) is 21.2. The highest BCUT2D eigenvalue weighted by atomic mass is 19.1. The van der Waals surface area contributed by atoms with Crippen LogP contribution in [0.2, 0.25) is 0 Å². The summed E-state index contributed by atoms with van der Waals surface area (Å²) >= 11 is 0. The number of ether oxygens (including phenoxy) is 2. The summed E-state index contributed by atoms with van der Waals surface area (Å²) in [5.41, 5.74) is 1.55. The SMILES string of the molecule is C=CC(=O)N(C)Cc1ccc(Oc2nc(Nc3cccc(OCCCN4CCCC4=O)c3)ncc2F)cc1. The van der Waals surface area contributed by atoms with Crippen LogP contribution in [0.5, 0.6) is 17.4 Å². The van der Waals surface area contributed by atoms with Gasteiger partial charge in [-0.2, -0.15) is 9.37 Å². The minimum absolute atomic E-state index is 0.160. The number of halogens is 1. The average Bonchev–Trinajstić information content (AvgIpc) is 3.33. The molecule has 9 nitrogen and oxygen atoms in total. The van der Waals surface area contributed by atoms with Crippen LogP contribution in [0.4, 0.5) is 16.0 Å². The maximum absolute atomic E-state index is 14.4. The Bertz CT molecular complexity index is 1280. The number of anilines is 2. The summed E-state index contributed by atoms with van der Waals surface area (Å²) in [6, 6.07) is 14.2. The fourth-order valence-corrected chi connectivity index (χ4v) is 3.94. The second-order valence-corrected chi connectivity index (χ2v) is 8.83. The Hall–Kier alpha value is -4.47. The van der Waals surface area contributed by atoms with Crippen molar-refractivity contribution < 1.29 is 23.5 Å². The van der Waals surface area contributed by atoms with E-state index in [-0.39, 0.29) is 23.6 Å². The van der Waals surface area contributed by atoms with Gasteiger partial charge < -0.3 is 24.6 Å². The van der Waals surface area contributed by atoms with Gasteiger partial charge in [-0.3, -0.25) is 9.59 Å². The highest BCUT2D eigenvalue weighted by Gasteiger charge is 2.19. The highest BCUT2D eigenvalue weighted by molar-refractivity contribution is 5.86. The van der Waals surface area contributed by atoms with Crippen molar-refractivity contribution in [2.45, 2.75) is 25.8 Å². The molecule has 0 saturated carbocycles. The summed E-state index contributed by atoms with van der Waals surface area (Å²) in [6.45, 7) is 5.88. The molecule has 2 aromatic carbocycles. The Balaban J connectivity index is 1.32. The first-order valence-corrected chi connectivity index (χ1v) is 12.4. The van der Waals surface area contributed by atoms with Crippen molar-refractivity contribution in [2.24, 2.45) is 0 Å². The van der Waals surface area contributed by atoms with Gasteiger partial charge in [-0.05, 0) is 48.7 Å². The lowest BCUT2D eigenvalue weighted by Crippen LogP contribution is -2.26. The van der Waals surface area contributed by atoms with Gasteiger partial charge in [0.05, 0.1) is 12.8 Å². The predicted molar refractivity (Wildman–Crippen MR) is 141 cm³/mol. The van der Waals surface area contributed by atoms with Crippen molar-refractivity contribution in [3.8, 4) is 17.4 Å². The lowest BCUT2D eigenvalue weighted by molar-refractivity contribution is -0.128. The van der Waals surface area contributed by atoms with Crippen molar-refractivity contribution in [1.29, 1.82) is 0 Å². The molecule has 1 aromatic heterocycles. The number of amides is 2. The van der Waals surface area contributed by atoms with E-state index in [1.807, 2.05) is 23.1 Å². The van der Waals surface area contributed by atoms with E-state index in [1.54, 1.807) is 37.4 Å². The maximum atomic E-state index is 14.4. The molecule has 0 atom stereocenters. The number of carbonyl (C=O) groups is 2. The van der Waals surface area contributed by atoms with Gasteiger partial charge in [-0.1, -0.05) is 24.8 Å². The summed E-state index contributed by atoms with van der Waals surface area (Å²) < 4.78 is 25.8. The molecule has 2 amide bonds. The van der Waals surface area contributed by atoms with Gasteiger partial charge in [0.25, 0.3) is 5.88 Å². The van der Waals surface area contributed by atoms with E-state index in [1.165, 1.54) is 11.0 Å². The van der Waals surface area contributed by atoms with Crippen LogP contribution in [0.3, 0.4) is 0 Å². The van der Waals surface area contributed by atoms with Crippen LogP contribution in [0.25, 0.3) is 0 Å². The Morgan fingerprint density at radius 1 is 1.24 bits per heavy atom. The summed E-state index contributed by atoms with van der Waals surface area (Å²) in [5.74, 6) is 0.305. The maximum Gasteiger partial charge on any atom is 0.260 e. The van der Waals surface area contributed by atoms with Crippen LogP contribution < -0.4 is 14.8 Å². The molecule has 4 rings (SSSR count). The summed E-state index contributed by atoms with van der Waals surface area (Å²) in [6.07, 6.45) is 4.60. The molecule has 1 aliphatic rings. The fourth-order valence-electron chi connectivity index (χ4n) is 3.94. The molecule has 0 unspecified atom stereocenters. The molecule has 2 heterocycles. The van der Waals surface area contributed by atoms with Crippen LogP contribution in [-0.2, 0) is 16.1 Å². The highest BCUT2D eigenvalue weighted by Crippen LogP contribution is 2.26. The average molecular weight is 520 g/mol. The van der Waals surface area contributed by atoms with E-state index in [0.717, 1.165) is 31.1 Å². The van der Waals surface area contributed by atoms with E-state index in [2.05, 4.69) is 21.9 Å². The molecule has 1 N–H and O–H groups in total. The second kappa shape index (κ2) is 12.7. The van der Waals surface area contributed by atoms with E-state index >= 15 is 0 Å². The van der Waals surface area contributed by atoms with E-state index in [4.69, 9.17) is 9.47 Å². The van der Waals surface area contributed by atoms with Crippen molar-refractivity contribution in [3.05, 3.63) is 78.8 Å². The first-order valence-electron chi connectivity index (χ1n) is 12.4. The van der Waals surface area contributed by atoms with Crippen LogP contribution in [0.1, 0.15) is 24.8 Å². The van der Waals surface area contributed by atoms with Crippen LogP contribution in [-0.4, -0.2) is 58.3 Å². The number of likely N-dealkylation sites (tertiary alicyclic amines) is 1. The summed E-state index contributed by atoms with van der Waals surface area (Å²) in [4.78, 5) is 34.9. The Labute approximate surface area is 220 Å². The topological polar surface area (TPSA) is 96.9 Å². The third kappa shape index (κ3) is 7.28. The number of hydrogen-bond donors (Lipinski definition) is 1. The Morgan fingerprint density at radius 2 is 2.05 bits per heavy atom. The van der Waals surface area contributed by atoms with Crippen molar-refractivity contribution in [2.75, 3.05) is 32.1 Å². The van der Waals surface area contributed by atoms with Crippen molar-refractivity contribution >= 4 is 23.5 Å². The smallest absolute Gasteiger partial charge is 0.260 e. The van der Waals surface area contributed by atoms with Gasteiger partial charge in [-0.15, -0.1) is 0 Å². The molecule has 198 valence electrons. The van der Waals surface area contributed by atoms with Gasteiger partial charge in [-0.25, -0.2) is 4.98 Å². The number of nitrogens with one attached hydrogen (secondary N) is 1. The molecule has 0 aliphatic carbocycles. The minimum Gasteiger partial charge on any atom is -0.493 e. The number of benzene rings is 2. The number of nitrogens with zero attached hydrogens (tertiary/aromatic N) is 4. The molecule has 38 heavy (non-hydrogen) atoms. The van der Waals surface area contributed by atoms with Gasteiger partial charge in [0.15, 0.2) is 0 Å². The van der Waals surface area contributed by atoms with Crippen LogP contribution in [0, 0.1) is 5.82 Å². The number of aromatic nitrogens is 2. The number of rotatable bonds is 12. The minimum atomic E-state index is -0.704. The first kappa shape index (κ1) is 26.6. The Morgan fingerprint density at radius 3 is 2.79 bits per heavy atom. The molecule has 3 aromatic rings. The van der Waals surface area contributed by atoms with Gasteiger partial charge in [0, 0.05) is 44.9 Å². The molecular weight excluding hydrogens is 489 g/mol. The lowest BCUT2D eigenvalue weighted by Gasteiger charge is -2.15. The molecule has 1 aliphatic heterocycles. The van der Waals surface area contributed by atoms with Crippen LogP contribution in [0.15, 0.2) is 67.4 Å². The van der Waals surface area contributed by atoms with Gasteiger partial charge >= 0.3 is 0 Å². The third-order valence-electron chi connectivity index (χ3n) is 5.92. The second-order valence-electron chi connectivity index (χ2n) is 8.83. The predicted octanol–water partition coefficient (Wildman–Crippen LogP) is 4.69. The first-order chi connectivity index (χ1) is 18.4. The number of carbonyl (C=O) groups excluding carboxylic acids is 2. The van der Waals surface area contributed by atoms with E-state index in [0.29, 0.717) is 43.3 Å². The largest absolute Gasteiger partial charge is 0.493 e. The third-order valence-corrected chi connectivity index (χ3v) is 5.92. The molecule has 10 heteroatoms. The van der Waals surface area contributed by atoms with E-state index < -0.39 is 5.82 Å². The number of hydrogen-bond acceptors (Lipinski definition) is 7. The molecule has 0 spiro atoms. The molecule has 0 bridgehead atoms. The van der Waals surface area contributed by atoms with Gasteiger partial charge in [0.2, 0.25) is 23.6 Å². The molecule has 0 radical (unpaired) electrons. The monoisotopic (exact) mass is 519 g/mol. The van der Waals surface area contributed by atoms with Crippen molar-refractivity contribution in [3.63, 3.8) is 0 Å². The molecule has 1 saturated heterocycles.